The summed E-state index contributed by atoms with van der Waals surface area (Å²) in [6.45, 7) is 1.92. The van der Waals surface area contributed by atoms with Crippen LogP contribution in [0, 0.1) is 0 Å². The Bertz CT molecular complexity index is 1200. The van der Waals surface area contributed by atoms with Crippen LogP contribution in [-0.4, -0.2) is 17.4 Å². The molecule has 1 aromatic heterocycles. The van der Waals surface area contributed by atoms with Gasteiger partial charge in [-0.3, -0.25) is 14.6 Å². The molecule has 0 saturated carbocycles. The smallest absolute Gasteiger partial charge is 0.321 e. The molecule has 3 aromatic rings. The number of halogens is 3. The Morgan fingerprint density at radius 3 is 2.60 bits per heavy atom. The van der Waals surface area contributed by atoms with Crippen molar-refractivity contribution >= 4 is 34.4 Å². The summed E-state index contributed by atoms with van der Waals surface area (Å²) >= 11 is 1.20. The average molecular weight is 428 g/mol. The topological polar surface area (TPSA) is 58.5 Å². The zero-order valence-corrected chi connectivity index (χ0v) is 16.5. The van der Waals surface area contributed by atoms with Gasteiger partial charge in [0, 0.05) is 18.2 Å². The summed E-state index contributed by atoms with van der Waals surface area (Å²) in [5.74, 6) is -0.556. The molecule has 0 bridgehead atoms. The van der Waals surface area contributed by atoms with Gasteiger partial charge >= 0.3 is 6.18 Å². The van der Waals surface area contributed by atoms with Gasteiger partial charge in [0.05, 0.1) is 17.0 Å². The van der Waals surface area contributed by atoms with Crippen LogP contribution in [0.1, 0.15) is 33.3 Å². The summed E-state index contributed by atoms with van der Waals surface area (Å²) in [6, 6.07) is 11.8. The molecule has 8 heteroatoms. The molecular weight excluding hydrogens is 413 g/mol. The molecule has 0 atom stereocenters. The first-order valence-corrected chi connectivity index (χ1v) is 9.86. The molecule has 1 N–H and O–H groups in total. The predicted molar refractivity (Wildman–Crippen MR) is 110 cm³/mol. The molecule has 2 heterocycles. The molecule has 0 unspecified atom stereocenters. The number of fused-ring (bicyclic) bond motifs is 1. The van der Waals surface area contributed by atoms with Gasteiger partial charge in [-0.2, -0.15) is 13.2 Å². The maximum absolute atomic E-state index is 12.8. The van der Waals surface area contributed by atoms with Gasteiger partial charge in [0.15, 0.2) is 5.78 Å². The van der Waals surface area contributed by atoms with Gasteiger partial charge in [0.2, 0.25) is 0 Å². The van der Waals surface area contributed by atoms with Crippen LogP contribution in [0.2, 0.25) is 0 Å². The lowest BCUT2D eigenvalue weighted by Crippen LogP contribution is -2.11. The number of hydrogen-bond donors (Lipinski definition) is 1. The quantitative estimate of drug-likeness (QED) is 0.590. The molecule has 30 heavy (non-hydrogen) atoms. The van der Waals surface area contributed by atoms with Crippen molar-refractivity contribution in [2.45, 2.75) is 19.6 Å². The second-order valence-electron chi connectivity index (χ2n) is 6.83. The van der Waals surface area contributed by atoms with Crippen molar-refractivity contribution in [2.75, 3.05) is 5.32 Å². The van der Waals surface area contributed by atoms with E-state index in [1.165, 1.54) is 30.4 Å². The van der Waals surface area contributed by atoms with E-state index in [1.54, 1.807) is 6.07 Å². The summed E-state index contributed by atoms with van der Waals surface area (Å²) in [6.07, 6.45) is -4.48. The molecule has 0 saturated heterocycles. The van der Waals surface area contributed by atoms with Gasteiger partial charge < -0.3 is 5.32 Å². The Morgan fingerprint density at radius 2 is 1.87 bits per heavy atom. The number of carbonyl (C=O) groups is 2. The number of rotatable bonds is 4. The van der Waals surface area contributed by atoms with Gasteiger partial charge in [0.1, 0.15) is 5.71 Å². The van der Waals surface area contributed by atoms with E-state index in [0.29, 0.717) is 17.1 Å². The minimum atomic E-state index is -4.48. The number of nitrogens with one attached hydrogen (secondary N) is 1. The minimum absolute atomic E-state index is 0.0782. The Balaban J connectivity index is 1.53. The number of hydrogen-bond acceptors (Lipinski definition) is 4. The van der Waals surface area contributed by atoms with Gasteiger partial charge in [-0.15, -0.1) is 11.3 Å². The fraction of sp³-hybridized carbons (Fsp3) is 0.136. The molecular formula is C22H15F3N2O2S. The van der Waals surface area contributed by atoms with E-state index in [4.69, 9.17) is 0 Å². The first kappa shape index (κ1) is 20.0. The van der Waals surface area contributed by atoms with Gasteiger partial charge in [-0.1, -0.05) is 18.2 Å². The predicted octanol–water partition coefficient (Wildman–Crippen LogP) is 5.58. The summed E-state index contributed by atoms with van der Waals surface area (Å²) in [4.78, 5) is 28.8. The third kappa shape index (κ3) is 3.91. The fourth-order valence-electron chi connectivity index (χ4n) is 3.26. The zero-order chi connectivity index (χ0) is 21.5. The van der Waals surface area contributed by atoms with Crippen LogP contribution >= 0.6 is 11.3 Å². The molecule has 2 aromatic carbocycles. The van der Waals surface area contributed by atoms with Crippen LogP contribution in [0.15, 0.2) is 58.9 Å². The lowest BCUT2D eigenvalue weighted by atomic mass is 9.98. The maximum atomic E-state index is 12.8. The maximum Gasteiger partial charge on any atom is 0.416 e. The van der Waals surface area contributed by atoms with E-state index < -0.39 is 17.6 Å². The van der Waals surface area contributed by atoms with Crippen LogP contribution in [0.5, 0.6) is 0 Å². The molecule has 0 aliphatic carbocycles. The monoisotopic (exact) mass is 428 g/mol. The molecule has 152 valence electrons. The van der Waals surface area contributed by atoms with E-state index in [-0.39, 0.29) is 11.5 Å². The highest BCUT2D eigenvalue weighted by molar-refractivity contribution is 7.12. The van der Waals surface area contributed by atoms with E-state index in [0.717, 1.165) is 34.4 Å². The van der Waals surface area contributed by atoms with Crippen molar-refractivity contribution in [3.8, 4) is 11.1 Å². The molecule has 1 amide bonds. The largest absolute Gasteiger partial charge is 0.416 e. The first-order valence-electron chi connectivity index (χ1n) is 8.98. The summed E-state index contributed by atoms with van der Waals surface area (Å²) in [5, 5.41) is 4.32. The van der Waals surface area contributed by atoms with Crippen LogP contribution in [0.25, 0.3) is 11.1 Å². The number of carbonyl (C=O) groups excluding carboxylic acids is 2. The average Bonchev–Trinajstić information content (AvgIpc) is 3.34. The molecule has 0 radical (unpaired) electrons. The number of alkyl halides is 3. The van der Waals surface area contributed by atoms with Crippen molar-refractivity contribution in [2.24, 2.45) is 4.99 Å². The van der Waals surface area contributed by atoms with Crippen LogP contribution < -0.4 is 5.32 Å². The van der Waals surface area contributed by atoms with E-state index in [1.807, 2.05) is 23.6 Å². The van der Waals surface area contributed by atoms with Crippen molar-refractivity contribution in [3.05, 3.63) is 75.5 Å². The summed E-state index contributed by atoms with van der Waals surface area (Å²) in [5.41, 5.74) is 3.19. The molecule has 1 aliphatic heterocycles. The number of benzene rings is 2. The lowest BCUT2D eigenvalue weighted by Gasteiger charge is -2.09. The molecule has 4 nitrogen and oxygen atoms in total. The van der Waals surface area contributed by atoms with Crippen LogP contribution in [0.4, 0.5) is 18.9 Å². The number of nitrogens with zero attached hydrogens (tertiary/aromatic N) is 1. The first-order chi connectivity index (χ1) is 14.2. The number of Topliss-reactive ketones (excluding diaryl/α,β-unsaturated/α-hetero) is 1. The lowest BCUT2D eigenvalue weighted by molar-refractivity contribution is -0.137. The van der Waals surface area contributed by atoms with Gasteiger partial charge in [-0.25, -0.2) is 0 Å². The number of thiophene rings is 1. The van der Waals surface area contributed by atoms with Crippen molar-refractivity contribution in [1.29, 1.82) is 0 Å². The minimum Gasteiger partial charge on any atom is -0.321 e. The molecule has 0 spiro atoms. The third-order valence-corrected chi connectivity index (χ3v) is 5.63. The van der Waals surface area contributed by atoms with Crippen LogP contribution in [0.3, 0.4) is 0 Å². The third-order valence-electron chi connectivity index (χ3n) is 4.71. The molecule has 4 rings (SSSR count). The summed E-state index contributed by atoms with van der Waals surface area (Å²) in [7, 11) is 0. The Kier molecular flexibility index (Phi) is 5.03. The summed E-state index contributed by atoms with van der Waals surface area (Å²) < 4.78 is 38.5. The number of ketones is 1. The van der Waals surface area contributed by atoms with E-state index >= 15 is 0 Å². The number of anilines is 1. The molecule has 0 fully saturated rings. The van der Waals surface area contributed by atoms with Crippen molar-refractivity contribution < 1.29 is 22.8 Å². The highest BCUT2D eigenvalue weighted by Crippen LogP contribution is 2.32. The zero-order valence-electron chi connectivity index (χ0n) is 15.7. The highest BCUT2D eigenvalue weighted by Gasteiger charge is 2.30. The Morgan fingerprint density at radius 1 is 1.07 bits per heavy atom. The number of amides is 1. The van der Waals surface area contributed by atoms with Gasteiger partial charge in [0.25, 0.3) is 5.91 Å². The standard InChI is InChI=1S/C22H15F3N2O2S/c1-12(28)20-18-6-5-13(7-14(18)10-26-20)15-8-19(30-11-15)21(29)27-17-4-2-3-16(9-17)22(23,24)25/h2-9,11H,10H2,1H3,(H,27,29). The molecule has 1 aliphatic rings. The Labute approximate surface area is 174 Å². The van der Waals surface area contributed by atoms with Gasteiger partial charge in [-0.05, 0) is 52.4 Å². The van der Waals surface area contributed by atoms with E-state index in [9.17, 15) is 22.8 Å². The number of aliphatic imine (C=N–C) groups is 1. The normalized spacial score (nSPS) is 13.0. The van der Waals surface area contributed by atoms with Crippen LogP contribution in [-0.2, 0) is 17.5 Å². The Hall–Kier alpha value is -3.26. The second kappa shape index (κ2) is 7.53. The SMILES string of the molecule is CC(=O)C1=NCc2cc(-c3csc(C(=O)Nc4cccc(C(F)(F)F)c4)c3)ccc21. The van der Waals surface area contributed by atoms with E-state index in [2.05, 4.69) is 10.3 Å². The van der Waals surface area contributed by atoms with Crippen molar-refractivity contribution in [1.82, 2.24) is 0 Å². The fourth-order valence-corrected chi connectivity index (χ4v) is 4.07. The van der Waals surface area contributed by atoms with Crippen molar-refractivity contribution in [3.63, 3.8) is 0 Å². The second-order valence-corrected chi connectivity index (χ2v) is 7.74. The highest BCUT2D eigenvalue weighted by atomic mass is 32.1.